The molecule has 1 aromatic heterocycles. The monoisotopic (exact) mass is 360 g/mol. The molecule has 128 valence electrons. The second kappa shape index (κ2) is 9.93. The van der Waals surface area contributed by atoms with E-state index in [1.165, 1.54) is 17.5 Å². The minimum absolute atomic E-state index is 0.0476. The Hall–Kier alpha value is -1.08. The SMILES string of the molecule is COC(=O)c1cc(OCC2CCCC(C)N2[S-](=O)=O)no1.[CH3][AlH+]. The van der Waals surface area contributed by atoms with Crippen molar-refractivity contribution in [3.63, 3.8) is 0 Å². The molecule has 1 aliphatic rings. The Morgan fingerprint density at radius 2 is 2.17 bits per heavy atom. The van der Waals surface area contributed by atoms with E-state index in [1.807, 2.05) is 29.0 Å². The van der Waals surface area contributed by atoms with E-state index < -0.39 is 16.9 Å². The van der Waals surface area contributed by atoms with Crippen molar-refractivity contribution in [3.05, 3.63) is 11.8 Å². The van der Waals surface area contributed by atoms with Gasteiger partial charge in [0.1, 0.15) is 6.61 Å². The van der Waals surface area contributed by atoms with E-state index in [0.717, 1.165) is 19.3 Å². The first-order valence-corrected chi connectivity index (χ1v) is 9.73. The Bertz CT molecular complexity index is 569. The fourth-order valence-electron chi connectivity index (χ4n) is 2.39. The van der Waals surface area contributed by atoms with Gasteiger partial charge < -0.3 is 26.7 Å². The molecule has 1 saturated heterocycles. The number of rotatable bonds is 5. The van der Waals surface area contributed by atoms with Crippen LogP contribution in [0.5, 0.6) is 5.88 Å². The second-order valence-corrected chi connectivity index (χ2v) is 5.70. The van der Waals surface area contributed by atoms with Gasteiger partial charge in [0.15, 0.2) is 0 Å². The van der Waals surface area contributed by atoms with Crippen LogP contribution >= 0.6 is 0 Å². The Labute approximate surface area is 145 Å². The molecule has 0 aromatic carbocycles. The molecule has 1 fully saturated rings. The molecule has 0 aliphatic carbocycles. The fraction of sp³-hybridized carbons (Fsp3) is 0.692. The third kappa shape index (κ3) is 5.50. The molecule has 0 bridgehead atoms. The zero-order valence-electron chi connectivity index (χ0n) is 13.5. The average molecular weight is 360 g/mol. The van der Waals surface area contributed by atoms with Crippen molar-refractivity contribution in [2.45, 2.75) is 44.1 Å². The molecule has 0 spiro atoms. The third-order valence-electron chi connectivity index (χ3n) is 3.42. The molecule has 0 saturated carbocycles. The number of piperidine rings is 1. The number of aromatic nitrogens is 1. The summed E-state index contributed by atoms with van der Waals surface area (Å²) in [4.78, 5) is 11.2. The van der Waals surface area contributed by atoms with Crippen molar-refractivity contribution in [2.75, 3.05) is 13.7 Å². The van der Waals surface area contributed by atoms with E-state index in [9.17, 15) is 13.2 Å². The maximum atomic E-state index is 11.3. The summed E-state index contributed by atoms with van der Waals surface area (Å²) in [6, 6.07) is 1.02. The van der Waals surface area contributed by atoms with Gasteiger partial charge in [-0.3, -0.25) is 0 Å². The zero-order valence-corrected chi connectivity index (χ0v) is 15.8. The molecule has 2 rings (SSSR count). The molecule has 2 atom stereocenters. The molecule has 2 unspecified atom stereocenters. The summed E-state index contributed by atoms with van der Waals surface area (Å²) >= 11 is 1.86. The molecular weight excluding hydrogens is 339 g/mol. The Kier molecular flexibility index (Phi) is 8.62. The summed E-state index contributed by atoms with van der Waals surface area (Å²) in [6.45, 7) is 2.03. The van der Waals surface area contributed by atoms with E-state index in [1.54, 1.807) is 0 Å². The van der Waals surface area contributed by atoms with E-state index in [-0.39, 0.29) is 30.3 Å². The predicted octanol–water partition coefficient (Wildman–Crippen LogP) is 1.24. The first-order valence-electron chi connectivity index (χ1n) is 7.29. The van der Waals surface area contributed by atoms with E-state index >= 15 is 0 Å². The number of esters is 1. The van der Waals surface area contributed by atoms with Crippen molar-refractivity contribution in [3.8, 4) is 5.88 Å². The molecule has 0 radical (unpaired) electrons. The van der Waals surface area contributed by atoms with Gasteiger partial charge in [-0.25, -0.2) is 4.79 Å². The number of methoxy groups -OCH3 is 1. The first-order chi connectivity index (χ1) is 11.0. The third-order valence-corrected chi connectivity index (χ3v) is 4.43. The summed E-state index contributed by atoms with van der Waals surface area (Å²) < 4.78 is 38.7. The number of hydrogen-bond acceptors (Lipinski definition) is 8. The van der Waals surface area contributed by atoms with Crippen molar-refractivity contribution in [1.29, 1.82) is 0 Å². The number of nitrogens with zero attached hydrogens (tertiary/aromatic N) is 2. The molecule has 10 heteroatoms. The van der Waals surface area contributed by atoms with E-state index in [2.05, 4.69) is 9.89 Å². The summed E-state index contributed by atoms with van der Waals surface area (Å²) in [6.07, 6.45) is 2.50. The summed E-state index contributed by atoms with van der Waals surface area (Å²) in [5.41, 5.74) is 0. The van der Waals surface area contributed by atoms with Gasteiger partial charge in [0.05, 0.1) is 13.2 Å². The molecule has 1 aromatic rings. The average Bonchev–Trinajstić information content (AvgIpc) is 3.02. The molecule has 1 aliphatic heterocycles. The van der Waals surface area contributed by atoms with Gasteiger partial charge in [0.25, 0.3) is 5.88 Å². The Balaban J connectivity index is 0.00000127. The number of carbonyl (C=O) groups excluding carboxylic acids is 1. The van der Waals surface area contributed by atoms with Gasteiger partial charge >= 0.3 is 28.0 Å². The number of hydrogen-bond donors (Lipinski definition) is 0. The standard InChI is InChI=1S/C12H17N2O6S.CH3.Al.H/c1-8-4-3-5-9(14(8)21(16)17)7-19-11-6-10(20-13-11)12(15)18-2;;;/h6,8-9H,3-5,7H2,1-2H3;1H3;;/q-1;;+1;. The van der Waals surface area contributed by atoms with Crippen LogP contribution in [0, 0.1) is 0 Å². The second-order valence-electron chi connectivity index (χ2n) is 4.84. The van der Waals surface area contributed by atoms with Crippen molar-refractivity contribution < 1.29 is 27.2 Å². The molecule has 0 N–H and O–H groups in total. The maximum absolute atomic E-state index is 11.3. The van der Waals surface area contributed by atoms with Crippen LogP contribution in [0.25, 0.3) is 0 Å². The molecule has 2 heterocycles. The normalized spacial score (nSPS) is 21.3. The summed E-state index contributed by atoms with van der Waals surface area (Å²) in [5.74, 6) is 1.45. The van der Waals surface area contributed by atoms with Crippen LogP contribution in [0.4, 0.5) is 0 Å². The Morgan fingerprint density at radius 1 is 1.48 bits per heavy atom. The summed E-state index contributed by atoms with van der Waals surface area (Å²) in [7, 11) is -1.06. The molecular formula is C13H21AlN2O6S. The van der Waals surface area contributed by atoms with E-state index in [4.69, 9.17) is 9.26 Å². The predicted molar refractivity (Wildman–Crippen MR) is 84.0 cm³/mol. The van der Waals surface area contributed by atoms with Gasteiger partial charge in [-0.2, -0.15) is 0 Å². The van der Waals surface area contributed by atoms with Crippen LogP contribution in [0.3, 0.4) is 0 Å². The zero-order chi connectivity index (χ0) is 17.4. The van der Waals surface area contributed by atoms with Crippen molar-refractivity contribution >= 4 is 33.1 Å². The minimum atomic E-state index is -2.29. The summed E-state index contributed by atoms with van der Waals surface area (Å²) in [5, 5.41) is 3.59. The van der Waals surface area contributed by atoms with Gasteiger partial charge in [-0.1, -0.05) is 13.3 Å². The fourth-order valence-corrected chi connectivity index (χ4v) is 3.20. The van der Waals surface area contributed by atoms with Gasteiger partial charge in [0, 0.05) is 6.04 Å². The van der Waals surface area contributed by atoms with Gasteiger partial charge in [-0.05, 0) is 34.9 Å². The van der Waals surface area contributed by atoms with Crippen LogP contribution in [-0.4, -0.2) is 57.5 Å². The molecule has 8 nitrogen and oxygen atoms in total. The van der Waals surface area contributed by atoms with E-state index in [0.29, 0.717) is 0 Å². The number of ether oxygens (including phenoxy) is 2. The van der Waals surface area contributed by atoms with Crippen LogP contribution in [0.2, 0.25) is 5.79 Å². The van der Waals surface area contributed by atoms with Crippen molar-refractivity contribution in [1.82, 2.24) is 9.46 Å². The van der Waals surface area contributed by atoms with Gasteiger partial charge in [0.2, 0.25) is 5.76 Å². The Morgan fingerprint density at radius 3 is 2.78 bits per heavy atom. The van der Waals surface area contributed by atoms with Crippen LogP contribution in [0.15, 0.2) is 10.6 Å². The van der Waals surface area contributed by atoms with Crippen LogP contribution in [0.1, 0.15) is 36.7 Å². The first kappa shape index (κ1) is 20.0. The van der Waals surface area contributed by atoms with Crippen molar-refractivity contribution in [2.24, 2.45) is 0 Å². The quantitative estimate of drug-likeness (QED) is 0.442. The number of carbonyl (C=O) groups is 1. The van der Waals surface area contributed by atoms with Gasteiger partial charge in [-0.15, -0.1) is 0 Å². The topological polar surface area (TPSA) is 98.9 Å². The molecule has 0 amide bonds. The van der Waals surface area contributed by atoms with Crippen LogP contribution < -0.4 is 4.74 Å². The molecule has 23 heavy (non-hydrogen) atoms. The van der Waals surface area contributed by atoms with Crippen LogP contribution in [-0.2, 0) is 24.0 Å².